The van der Waals surface area contributed by atoms with Crippen LogP contribution in [0.5, 0.6) is 0 Å². The van der Waals surface area contributed by atoms with E-state index >= 15 is 0 Å². The zero-order valence-corrected chi connectivity index (χ0v) is 11.7. The molecular weight excluding hydrogens is 266 g/mol. The Labute approximate surface area is 123 Å². The number of rotatable bonds is 3. The van der Waals surface area contributed by atoms with E-state index in [0.29, 0.717) is 10.7 Å². The summed E-state index contributed by atoms with van der Waals surface area (Å²) < 4.78 is 7.21. The molecule has 0 bridgehead atoms. The van der Waals surface area contributed by atoms with Crippen LogP contribution in [-0.4, -0.2) is 4.99 Å². The van der Waals surface area contributed by atoms with Crippen LogP contribution in [0, 0.1) is 0 Å². The summed E-state index contributed by atoms with van der Waals surface area (Å²) in [5.74, 6) is 0.709. The van der Waals surface area contributed by atoms with Crippen LogP contribution < -0.4 is 4.57 Å². The highest BCUT2D eigenvalue weighted by Gasteiger charge is 2.14. The average molecular weight is 280 g/mol. The maximum Gasteiger partial charge on any atom is 0.320 e. The third kappa shape index (κ3) is 2.83. The minimum atomic E-state index is 0.668. The molecule has 0 aliphatic heterocycles. The Morgan fingerprint density at radius 3 is 2.25 bits per heavy atom. The summed E-state index contributed by atoms with van der Waals surface area (Å²) in [5, 5.41) is 0. The van der Waals surface area contributed by atoms with Crippen molar-refractivity contribution in [3.05, 3.63) is 90.1 Å². The van der Waals surface area contributed by atoms with E-state index in [1.807, 2.05) is 35.2 Å². The van der Waals surface area contributed by atoms with Crippen molar-refractivity contribution in [2.24, 2.45) is 0 Å². The zero-order valence-electron chi connectivity index (χ0n) is 10.9. The second-order valence-corrected chi connectivity index (χ2v) is 4.95. The van der Waals surface area contributed by atoms with Crippen LogP contribution in [0.2, 0.25) is 0 Å². The van der Waals surface area contributed by atoms with Crippen molar-refractivity contribution in [2.45, 2.75) is 6.42 Å². The number of thiocarbonyl (C=S) groups is 1. The van der Waals surface area contributed by atoms with Gasteiger partial charge in [-0.05, 0) is 41.9 Å². The molecule has 0 atom stereocenters. The molecule has 98 valence electrons. The smallest absolute Gasteiger partial charge is 0.320 e. The lowest BCUT2D eigenvalue weighted by molar-refractivity contribution is -0.551. The Hall–Kier alpha value is -2.26. The molecule has 0 aliphatic carbocycles. The average Bonchev–Trinajstić information content (AvgIpc) is 3.03. The van der Waals surface area contributed by atoms with Gasteiger partial charge in [0.05, 0.1) is 6.26 Å². The van der Waals surface area contributed by atoms with Gasteiger partial charge in [0.1, 0.15) is 0 Å². The fraction of sp³-hybridized carbons (Fsp3) is 0.0588. The molecule has 20 heavy (non-hydrogen) atoms. The first kappa shape index (κ1) is 12.8. The molecule has 2 nitrogen and oxygen atoms in total. The molecule has 2 aromatic heterocycles. The van der Waals surface area contributed by atoms with Gasteiger partial charge >= 0.3 is 4.99 Å². The van der Waals surface area contributed by atoms with Crippen LogP contribution in [0.25, 0.3) is 0 Å². The molecular formula is C17H14NOS+. The van der Waals surface area contributed by atoms with Gasteiger partial charge in [-0.25, -0.2) is 0 Å². The molecule has 0 unspecified atom stereocenters. The van der Waals surface area contributed by atoms with E-state index in [2.05, 4.69) is 36.4 Å². The topological polar surface area (TPSA) is 17.0 Å². The van der Waals surface area contributed by atoms with Gasteiger partial charge in [0.2, 0.25) is 5.76 Å². The molecule has 3 aromatic rings. The summed E-state index contributed by atoms with van der Waals surface area (Å²) in [6.45, 7) is 0. The van der Waals surface area contributed by atoms with E-state index in [1.54, 1.807) is 6.26 Å². The summed E-state index contributed by atoms with van der Waals surface area (Å²) >= 11 is 5.38. The molecule has 1 aromatic carbocycles. The Kier molecular flexibility index (Phi) is 3.70. The Bertz CT molecular complexity index is 688. The van der Waals surface area contributed by atoms with Gasteiger partial charge in [0, 0.05) is 12.1 Å². The van der Waals surface area contributed by atoms with E-state index in [1.165, 1.54) is 11.1 Å². The SMILES string of the molecule is S=C(c1ccco1)[n+]1ccc(Cc2ccccc2)cc1. The summed E-state index contributed by atoms with van der Waals surface area (Å²) in [4.78, 5) is 0.668. The number of furan rings is 1. The van der Waals surface area contributed by atoms with Crippen LogP contribution >= 0.6 is 12.2 Å². The first-order chi connectivity index (χ1) is 9.83. The van der Waals surface area contributed by atoms with Gasteiger partial charge in [-0.15, -0.1) is 0 Å². The van der Waals surface area contributed by atoms with Crippen molar-refractivity contribution < 1.29 is 8.98 Å². The van der Waals surface area contributed by atoms with Gasteiger partial charge in [-0.3, -0.25) is 0 Å². The van der Waals surface area contributed by atoms with Crippen molar-refractivity contribution in [1.29, 1.82) is 0 Å². The first-order valence-electron chi connectivity index (χ1n) is 6.45. The molecule has 0 aliphatic rings. The van der Waals surface area contributed by atoms with Crippen LogP contribution in [-0.2, 0) is 6.42 Å². The second-order valence-electron chi connectivity index (χ2n) is 4.56. The minimum absolute atomic E-state index is 0.668. The lowest BCUT2D eigenvalue weighted by atomic mass is 10.1. The summed E-state index contributed by atoms with van der Waals surface area (Å²) in [5.41, 5.74) is 2.56. The predicted octanol–water partition coefficient (Wildman–Crippen LogP) is 3.38. The van der Waals surface area contributed by atoms with Crippen molar-refractivity contribution in [3.63, 3.8) is 0 Å². The van der Waals surface area contributed by atoms with E-state index in [4.69, 9.17) is 16.6 Å². The van der Waals surface area contributed by atoms with Crippen LogP contribution in [0.4, 0.5) is 0 Å². The lowest BCUT2D eigenvalue weighted by Gasteiger charge is -2.01. The van der Waals surface area contributed by atoms with Crippen LogP contribution in [0.1, 0.15) is 16.9 Å². The Morgan fingerprint density at radius 1 is 0.900 bits per heavy atom. The Balaban J connectivity index is 1.76. The first-order valence-corrected chi connectivity index (χ1v) is 6.86. The second kappa shape index (κ2) is 5.80. The number of nitrogens with zero attached hydrogens (tertiary/aromatic N) is 1. The molecule has 0 saturated carbocycles. The quantitative estimate of drug-likeness (QED) is 0.540. The van der Waals surface area contributed by atoms with Crippen LogP contribution in [0.3, 0.4) is 0 Å². The number of pyridine rings is 1. The van der Waals surface area contributed by atoms with Crippen molar-refractivity contribution in [1.82, 2.24) is 0 Å². The standard InChI is InChI=1S/C17H14NOS/c20-17(16-7-4-12-19-16)18-10-8-15(9-11-18)13-14-5-2-1-3-6-14/h1-12H,13H2/q+1. The van der Waals surface area contributed by atoms with Gasteiger partial charge in [0.15, 0.2) is 12.4 Å². The molecule has 3 heteroatoms. The number of aromatic nitrogens is 1. The number of benzene rings is 1. The summed E-state index contributed by atoms with van der Waals surface area (Å²) in [7, 11) is 0. The minimum Gasteiger partial charge on any atom is -0.457 e. The van der Waals surface area contributed by atoms with Crippen molar-refractivity contribution >= 4 is 17.2 Å². The summed E-state index contributed by atoms with van der Waals surface area (Å²) in [6.07, 6.45) is 6.51. The fourth-order valence-electron chi connectivity index (χ4n) is 2.07. The molecule has 2 heterocycles. The molecule has 0 spiro atoms. The summed E-state index contributed by atoms with van der Waals surface area (Å²) in [6, 6.07) is 18.3. The molecule has 3 rings (SSSR count). The number of hydrogen-bond acceptors (Lipinski definition) is 2. The number of hydrogen-bond donors (Lipinski definition) is 0. The third-order valence-electron chi connectivity index (χ3n) is 3.12. The van der Waals surface area contributed by atoms with E-state index in [-0.39, 0.29) is 0 Å². The maximum absolute atomic E-state index is 5.38. The van der Waals surface area contributed by atoms with Crippen molar-refractivity contribution in [3.8, 4) is 0 Å². The van der Waals surface area contributed by atoms with Crippen molar-refractivity contribution in [2.75, 3.05) is 0 Å². The molecule has 0 amide bonds. The fourth-order valence-corrected chi connectivity index (χ4v) is 2.31. The Morgan fingerprint density at radius 2 is 1.60 bits per heavy atom. The highest BCUT2D eigenvalue weighted by molar-refractivity contribution is 7.80. The normalized spacial score (nSPS) is 10.4. The van der Waals surface area contributed by atoms with Gasteiger partial charge in [0.25, 0.3) is 0 Å². The lowest BCUT2D eigenvalue weighted by Crippen LogP contribution is -2.41. The molecule has 0 saturated heterocycles. The van der Waals surface area contributed by atoms with Gasteiger partial charge < -0.3 is 4.42 Å². The van der Waals surface area contributed by atoms with Gasteiger partial charge in [-0.1, -0.05) is 30.3 Å². The predicted molar refractivity (Wildman–Crippen MR) is 81.7 cm³/mol. The highest BCUT2D eigenvalue weighted by atomic mass is 32.1. The largest absolute Gasteiger partial charge is 0.457 e. The van der Waals surface area contributed by atoms with Gasteiger partial charge in [-0.2, -0.15) is 4.57 Å². The molecule has 0 fully saturated rings. The zero-order chi connectivity index (χ0) is 13.8. The highest BCUT2D eigenvalue weighted by Crippen LogP contribution is 2.08. The van der Waals surface area contributed by atoms with Crippen LogP contribution in [0.15, 0.2) is 77.7 Å². The van der Waals surface area contributed by atoms with E-state index in [0.717, 1.165) is 6.42 Å². The monoisotopic (exact) mass is 280 g/mol. The maximum atomic E-state index is 5.38. The van der Waals surface area contributed by atoms with E-state index in [9.17, 15) is 0 Å². The molecule has 0 radical (unpaired) electrons. The molecule has 0 N–H and O–H groups in total. The third-order valence-corrected chi connectivity index (χ3v) is 3.53. The van der Waals surface area contributed by atoms with E-state index < -0.39 is 0 Å².